The second-order valence-corrected chi connectivity index (χ2v) is 7.86. The Balaban J connectivity index is 2.17. The lowest BCUT2D eigenvalue weighted by molar-refractivity contribution is 0.0917. The predicted molar refractivity (Wildman–Crippen MR) is 104 cm³/mol. The molecule has 28 heavy (non-hydrogen) atoms. The molecule has 0 unspecified atom stereocenters. The van der Waals surface area contributed by atoms with Gasteiger partial charge in [0.15, 0.2) is 0 Å². The Kier molecular flexibility index (Phi) is 7.33. The lowest BCUT2D eigenvalue weighted by Crippen LogP contribution is -2.43. The Morgan fingerprint density at radius 2 is 1.75 bits per heavy atom. The molecule has 0 saturated carbocycles. The first kappa shape index (κ1) is 21.6. The lowest BCUT2D eigenvalue weighted by Gasteiger charge is -2.24. The lowest BCUT2D eigenvalue weighted by atomic mass is 10.0. The molecule has 0 spiro atoms. The minimum Gasteiger partial charge on any atom is -0.416 e. The molecule has 2 N–H and O–H groups in total. The van der Waals surface area contributed by atoms with Gasteiger partial charge < -0.3 is 15.2 Å². The second kappa shape index (κ2) is 9.50. The highest BCUT2D eigenvalue weighted by molar-refractivity contribution is 7.86. The van der Waals surface area contributed by atoms with E-state index in [1.54, 1.807) is 42.5 Å². The van der Waals surface area contributed by atoms with Crippen molar-refractivity contribution in [2.75, 3.05) is 6.61 Å². The summed E-state index contributed by atoms with van der Waals surface area (Å²) in [5.74, 6) is 0.152. The Labute approximate surface area is 164 Å². The molecular weight excluding hydrogens is 382 g/mol. The van der Waals surface area contributed by atoms with Crippen molar-refractivity contribution in [1.29, 1.82) is 0 Å². The zero-order chi connectivity index (χ0) is 20.7. The van der Waals surface area contributed by atoms with E-state index in [0.717, 1.165) is 5.56 Å². The number of carbonyl (C=O) groups excluding carboxylic acids is 1. The molecule has 7 nitrogen and oxygen atoms in total. The molecule has 0 heterocycles. The van der Waals surface area contributed by atoms with Crippen molar-refractivity contribution >= 4 is 16.2 Å². The van der Waals surface area contributed by atoms with E-state index < -0.39 is 35.0 Å². The van der Waals surface area contributed by atoms with Crippen molar-refractivity contribution in [1.82, 2.24) is 5.32 Å². The quantitative estimate of drug-likeness (QED) is 0.517. The fourth-order valence-corrected chi connectivity index (χ4v) is 3.30. The van der Waals surface area contributed by atoms with E-state index in [9.17, 15) is 18.3 Å². The molecular formula is C20H23NO6S. The topological polar surface area (TPSA) is 102 Å². The van der Waals surface area contributed by atoms with Crippen LogP contribution in [-0.2, 0) is 19.0 Å². The van der Waals surface area contributed by atoms with E-state index >= 15 is 0 Å². The number of nitrogens with one attached hydrogen (secondary N) is 1. The molecule has 2 rings (SSSR count). The van der Waals surface area contributed by atoms with Crippen LogP contribution >= 0.6 is 0 Å². The summed E-state index contributed by atoms with van der Waals surface area (Å²) in [6.07, 6.45) is -2.09. The molecule has 150 valence electrons. The van der Waals surface area contributed by atoms with Gasteiger partial charge in [-0.05, 0) is 31.5 Å². The van der Waals surface area contributed by atoms with Crippen molar-refractivity contribution in [3.05, 3.63) is 78.1 Å². The first-order valence-electron chi connectivity index (χ1n) is 8.52. The van der Waals surface area contributed by atoms with E-state index in [2.05, 4.69) is 11.9 Å². The van der Waals surface area contributed by atoms with Crippen LogP contribution in [0.5, 0.6) is 0 Å². The van der Waals surface area contributed by atoms with Crippen molar-refractivity contribution in [2.24, 2.45) is 0 Å². The Hall–Kier alpha value is -2.68. The predicted octanol–water partition coefficient (Wildman–Crippen LogP) is 3.06. The van der Waals surface area contributed by atoms with Crippen LogP contribution in [0.2, 0.25) is 0 Å². The number of aliphatic hydroxyl groups is 1. The number of hydrogen-bond acceptors (Lipinski definition) is 6. The number of ether oxygens (including phenoxy) is 1. The number of rotatable bonds is 8. The van der Waals surface area contributed by atoms with Crippen LogP contribution in [0.1, 0.15) is 24.2 Å². The highest BCUT2D eigenvalue weighted by atomic mass is 32.2. The fraction of sp³-hybridized carbons (Fsp3) is 0.250. The van der Waals surface area contributed by atoms with Crippen molar-refractivity contribution in [3.8, 4) is 0 Å². The van der Waals surface area contributed by atoms with Crippen molar-refractivity contribution in [3.63, 3.8) is 0 Å². The van der Waals surface area contributed by atoms with Crippen LogP contribution in [0, 0.1) is 6.92 Å². The molecule has 0 saturated heterocycles. The zero-order valence-corrected chi connectivity index (χ0v) is 16.5. The van der Waals surface area contributed by atoms with Crippen LogP contribution in [0.25, 0.3) is 0 Å². The summed E-state index contributed by atoms with van der Waals surface area (Å²) in [5.41, 5.74) is 1.39. The number of alkyl carbamates (subject to hydrolysis) is 1. The Morgan fingerprint density at radius 3 is 2.32 bits per heavy atom. The molecule has 0 radical (unpaired) electrons. The number of carbonyl (C=O) groups is 1. The molecule has 0 aliphatic rings. The first-order chi connectivity index (χ1) is 13.2. The molecule has 2 aromatic rings. The molecule has 0 aromatic heterocycles. The van der Waals surface area contributed by atoms with Gasteiger partial charge in [-0.2, -0.15) is 8.42 Å². The highest BCUT2D eigenvalue weighted by Crippen LogP contribution is 2.20. The summed E-state index contributed by atoms with van der Waals surface area (Å²) in [4.78, 5) is 11.9. The Morgan fingerprint density at radius 1 is 1.14 bits per heavy atom. The van der Waals surface area contributed by atoms with Crippen LogP contribution in [0.15, 0.2) is 71.8 Å². The van der Waals surface area contributed by atoms with E-state index in [1.807, 2.05) is 6.92 Å². The molecule has 0 aliphatic heterocycles. The third kappa shape index (κ3) is 6.19. The average molecular weight is 405 g/mol. The third-order valence-corrected chi connectivity index (χ3v) is 5.10. The van der Waals surface area contributed by atoms with Crippen LogP contribution in [-0.4, -0.2) is 32.3 Å². The van der Waals surface area contributed by atoms with Gasteiger partial charge in [0.25, 0.3) is 10.1 Å². The van der Waals surface area contributed by atoms with Gasteiger partial charge in [-0.25, -0.2) is 4.79 Å². The number of aliphatic hydroxyl groups excluding tert-OH is 1. The smallest absolute Gasteiger partial charge is 0.412 e. The monoisotopic (exact) mass is 405 g/mol. The largest absolute Gasteiger partial charge is 0.416 e. The van der Waals surface area contributed by atoms with Crippen LogP contribution < -0.4 is 5.32 Å². The van der Waals surface area contributed by atoms with E-state index in [-0.39, 0.29) is 10.7 Å². The summed E-state index contributed by atoms with van der Waals surface area (Å²) in [7, 11) is -4.07. The van der Waals surface area contributed by atoms with E-state index in [1.165, 1.54) is 19.1 Å². The van der Waals surface area contributed by atoms with Gasteiger partial charge in [0.1, 0.15) is 6.10 Å². The average Bonchev–Trinajstić information content (AvgIpc) is 2.65. The summed E-state index contributed by atoms with van der Waals surface area (Å²) < 4.78 is 34.7. The number of amides is 1. The summed E-state index contributed by atoms with van der Waals surface area (Å²) in [6, 6.07) is 13.6. The molecule has 2 aromatic carbocycles. The summed E-state index contributed by atoms with van der Waals surface area (Å²) in [5, 5.41) is 13.0. The molecule has 2 atom stereocenters. The van der Waals surface area contributed by atoms with Gasteiger partial charge in [0.05, 0.1) is 23.3 Å². The van der Waals surface area contributed by atoms with Crippen molar-refractivity contribution < 1.29 is 27.2 Å². The van der Waals surface area contributed by atoms with Gasteiger partial charge in [-0.1, -0.05) is 54.6 Å². The van der Waals surface area contributed by atoms with E-state index in [4.69, 9.17) is 8.92 Å². The standard InChI is InChI=1S/C20H23NO6S/c1-14(2)27-20(23)21-18(19(22)16-7-5-4-6-8-16)13-26-28(24,25)17-11-9-15(3)10-12-17/h4-12,18-19,22H,1,13H2,2-3H3,(H,21,23)/t18-,19-/m1/s1. The molecule has 1 amide bonds. The van der Waals surface area contributed by atoms with Crippen molar-refractivity contribution in [2.45, 2.75) is 30.9 Å². The van der Waals surface area contributed by atoms with E-state index in [0.29, 0.717) is 5.56 Å². The van der Waals surface area contributed by atoms with Crippen LogP contribution in [0.4, 0.5) is 4.79 Å². The number of allylic oxidation sites excluding steroid dienone is 1. The fourth-order valence-electron chi connectivity index (χ4n) is 2.37. The maximum Gasteiger partial charge on any atom is 0.412 e. The van der Waals surface area contributed by atoms with Gasteiger partial charge in [0, 0.05) is 0 Å². The number of hydrogen-bond donors (Lipinski definition) is 2. The molecule has 0 fully saturated rings. The minimum atomic E-state index is -4.07. The van der Waals surface area contributed by atoms with Gasteiger partial charge in [0.2, 0.25) is 0 Å². The minimum absolute atomic E-state index is 0.0180. The highest BCUT2D eigenvalue weighted by Gasteiger charge is 2.27. The van der Waals surface area contributed by atoms with Crippen LogP contribution in [0.3, 0.4) is 0 Å². The summed E-state index contributed by atoms with van der Waals surface area (Å²) >= 11 is 0. The van der Waals surface area contributed by atoms with Gasteiger partial charge in [-0.3, -0.25) is 4.18 Å². The van der Waals surface area contributed by atoms with Gasteiger partial charge in [-0.15, -0.1) is 0 Å². The molecule has 0 aliphatic carbocycles. The molecule has 8 heteroatoms. The first-order valence-corrected chi connectivity index (χ1v) is 9.93. The maximum atomic E-state index is 12.4. The van der Waals surface area contributed by atoms with Gasteiger partial charge >= 0.3 is 6.09 Å². The Bertz CT molecular complexity index is 909. The number of aryl methyl sites for hydroxylation is 1. The SMILES string of the molecule is C=C(C)OC(=O)N[C@H](COS(=O)(=O)c1ccc(C)cc1)[C@H](O)c1ccccc1. The molecule has 0 bridgehead atoms. The normalized spacial score (nSPS) is 13.4. The zero-order valence-electron chi connectivity index (χ0n) is 15.7. The maximum absolute atomic E-state index is 12.4. The summed E-state index contributed by atoms with van der Waals surface area (Å²) in [6.45, 7) is 6.30. The third-order valence-electron chi connectivity index (χ3n) is 3.80. The second-order valence-electron chi connectivity index (χ2n) is 6.25. The number of benzene rings is 2.